The standard InChI is InChI=1S/C26H33N3O2/c1-4-6-17-29(3)18-9-16-27-26(30)23-19-25(28-24-11-8-7-10-22(23)24)20-12-14-21(15-13-20)31-5-2/h7-8,10-15,19H,4-6,9,16-18H2,1-3H3,(H,27,30). The molecule has 31 heavy (non-hydrogen) atoms. The van der Waals surface area contributed by atoms with E-state index in [1.165, 1.54) is 12.8 Å². The lowest BCUT2D eigenvalue weighted by atomic mass is 10.0. The summed E-state index contributed by atoms with van der Waals surface area (Å²) < 4.78 is 5.53. The van der Waals surface area contributed by atoms with Crippen LogP contribution in [-0.4, -0.2) is 49.1 Å². The summed E-state index contributed by atoms with van der Waals surface area (Å²) in [6, 6.07) is 17.5. The fraction of sp³-hybridized carbons (Fsp3) is 0.385. The van der Waals surface area contributed by atoms with Crippen LogP contribution in [0.25, 0.3) is 22.2 Å². The average Bonchev–Trinajstić information content (AvgIpc) is 2.80. The van der Waals surface area contributed by atoms with Crippen molar-refractivity contribution in [2.24, 2.45) is 0 Å². The van der Waals surface area contributed by atoms with Crippen molar-refractivity contribution in [3.8, 4) is 17.0 Å². The molecule has 0 unspecified atom stereocenters. The number of hydrogen-bond donors (Lipinski definition) is 1. The summed E-state index contributed by atoms with van der Waals surface area (Å²) in [5.74, 6) is 0.774. The second-order valence-corrected chi connectivity index (χ2v) is 7.80. The van der Waals surface area contributed by atoms with Crippen molar-refractivity contribution in [1.82, 2.24) is 15.2 Å². The normalized spacial score (nSPS) is 11.1. The van der Waals surface area contributed by atoms with E-state index in [-0.39, 0.29) is 5.91 Å². The number of fused-ring (bicyclic) bond motifs is 1. The molecular formula is C26H33N3O2. The Hall–Kier alpha value is -2.92. The van der Waals surface area contributed by atoms with E-state index in [4.69, 9.17) is 9.72 Å². The van der Waals surface area contributed by atoms with Gasteiger partial charge in [-0.1, -0.05) is 31.5 Å². The summed E-state index contributed by atoms with van der Waals surface area (Å²) in [5.41, 5.74) is 3.22. The molecule has 0 saturated carbocycles. The summed E-state index contributed by atoms with van der Waals surface area (Å²) in [4.78, 5) is 20.1. The van der Waals surface area contributed by atoms with Crippen LogP contribution < -0.4 is 10.1 Å². The van der Waals surface area contributed by atoms with Crippen molar-refractivity contribution in [2.75, 3.05) is 33.3 Å². The van der Waals surface area contributed by atoms with Gasteiger partial charge in [0.1, 0.15) is 5.75 Å². The van der Waals surface area contributed by atoms with Crippen LogP contribution in [0.4, 0.5) is 0 Å². The molecule has 0 atom stereocenters. The summed E-state index contributed by atoms with van der Waals surface area (Å²) in [5, 5.41) is 3.96. The van der Waals surface area contributed by atoms with Crippen LogP contribution in [0.3, 0.4) is 0 Å². The summed E-state index contributed by atoms with van der Waals surface area (Å²) >= 11 is 0. The second kappa shape index (κ2) is 11.5. The Morgan fingerprint density at radius 2 is 1.77 bits per heavy atom. The SMILES string of the molecule is CCCCN(C)CCCNC(=O)c1cc(-c2ccc(OCC)cc2)nc2ccccc12. The van der Waals surface area contributed by atoms with Gasteiger partial charge >= 0.3 is 0 Å². The molecule has 0 aliphatic rings. The maximum Gasteiger partial charge on any atom is 0.252 e. The maximum atomic E-state index is 13.0. The van der Waals surface area contributed by atoms with Crippen molar-refractivity contribution >= 4 is 16.8 Å². The number of amides is 1. The van der Waals surface area contributed by atoms with E-state index in [9.17, 15) is 4.79 Å². The largest absolute Gasteiger partial charge is 0.494 e. The number of nitrogens with one attached hydrogen (secondary N) is 1. The number of carbonyl (C=O) groups excluding carboxylic acids is 1. The first kappa shape index (κ1) is 22.8. The van der Waals surface area contributed by atoms with Gasteiger partial charge in [0.2, 0.25) is 0 Å². The monoisotopic (exact) mass is 419 g/mol. The van der Waals surface area contributed by atoms with E-state index in [0.717, 1.165) is 47.4 Å². The van der Waals surface area contributed by atoms with E-state index >= 15 is 0 Å². The molecule has 3 aromatic rings. The summed E-state index contributed by atoms with van der Waals surface area (Å²) in [6.45, 7) is 7.54. The number of rotatable bonds is 11. The molecule has 1 aromatic heterocycles. The lowest BCUT2D eigenvalue weighted by Gasteiger charge is -2.16. The number of nitrogens with zero attached hydrogens (tertiary/aromatic N) is 2. The van der Waals surface area contributed by atoms with E-state index < -0.39 is 0 Å². The van der Waals surface area contributed by atoms with E-state index in [1.54, 1.807) is 0 Å². The molecule has 1 amide bonds. The number of ether oxygens (including phenoxy) is 1. The first-order chi connectivity index (χ1) is 15.1. The molecule has 164 valence electrons. The number of para-hydroxylation sites is 1. The van der Waals surface area contributed by atoms with E-state index in [2.05, 4.69) is 24.2 Å². The number of aromatic nitrogens is 1. The van der Waals surface area contributed by atoms with Crippen LogP contribution in [0.15, 0.2) is 54.6 Å². The zero-order valence-corrected chi connectivity index (χ0v) is 18.9. The third-order valence-corrected chi connectivity index (χ3v) is 5.32. The second-order valence-electron chi connectivity index (χ2n) is 7.80. The van der Waals surface area contributed by atoms with Crippen LogP contribution >= 0.6 is 0 Å². The quantitative estimate of drug-likeness (QED) is 0.437. The number of pyridine rings is 1. The Bertz CT molecular complexity index is 986. The van der Waals surface area contributed by atoms with Crippen LogP contribution in [0.5, 0.6) is 5.75 Å². The molecule has 0 spiro atoms. The fourth-order valence-electron chi connectivity index (χ4n) is 3.59. The minimum absolute atomic E-state index is 0.0537. The van der Waals surface area contributed by atoms with E-state index in [0.29, 0.717) is 18.7 Å². The number of hydrogen-bond acceptors (Lipinski definition) is 4. The van der Waals surface area contributed by atoms with Gasteiger partial charge in [0.25, 0.3) is 5.91 Å². The molecule has 5 nitrogen and oxygen atoms in total. The van der Waals surface area contributed by atoms with Crippen LogP contribution in [0, 0.1) is 0 Å². The molecule has 2 aromatic carbocycles. The van der Waals surface area contributed by atoms with Gasteiger partial charge < -0.3 is 15.0 Å². The predicted octanol–water partition coefficient (Wildman–Crippen LogP) is 5.15. The zero-order chi connectivity index (χ0) is 22.1. The minimum atomic E-state index is -0.0537. The summed E-state index contributed by atoms with van der Waals surface area (Å²) in [7, 11) is 2.14. The van der Waals surface area contributed by atoms with Crippen molar-refractivity contribution in [3.63, 3.8) is 0 Å². The Morgan fingerprint density at radius 3 is 2.52 bits per heavy atom. The van der Waals surface area contributed by atoms with E-state index in [1.807, 2.05) is 61.5 Å². The first-order valence-corrected chi connectivity index (χ1v) is 11.2. The van der Waals surface area contributed by atoms with Gasteiger partial charge in [0.05, 0.1) is 23.4 Å². The molecule has 3 rings (SSSR count). The number of unbranched alkanes of at least 4 members (excludes halogenated alkanes) is 1. The minimum Gasteiger partial charge on any atom is -0.494 e. The Balaban J connectivity index is 1.75. The van der Waals surface area contributed by atoms with Crippen molar-refractivity contribution in [1.29, 1.82) is 0 Å². The molecule has 0 aliphatic heterocycles. The van der Waals surface area contributed by atoms with Gasteiger partial charge in [0.15, 0.2) is 0 Å². The van der Waals surface area contributed by atoms with Gasteiger partial charge in [-0.25, -0.2) is 4.98 Å². The smallest absolute Gasteiger partial charge is 0.252 e. The third kappa shape index (κ3) is 6.28. The predicted molar refractivity (Wildman–Crippen MR) is 128 cm³/mol. The topological polar surface area (TPSA) is 54.5 Å². The molecule has 0 saturated heterocycles. The molecule has 0 fully saturated rings. The molecule has 1 heterocycles. The number of benzene rings is 2. The Morgan fingerprint density at radius 1 is 1.03 bits per heavy atom. The lowest BCUT2D eigenvalue weighted by molar-refractivity contribution is 0.0953. The highest BCUT2D eigenvalue weighted by Crippen LogP contribution is 2.26. The Labute approximate surface area is 185 Å². The van der Waals surface area contributed by atoms with Gasteiger partial charge in [-0.3, -0.25) is 4.79 Å². The van der Waals surface area contributed by atoms with Crippen LogP contribution in [-0.2, 0) is 0 Å². The van der Waals surface area contributed by atoms with Crippen molar-refractivity contribution < 1.29 is 9.53 Å². The van der Waals surface area contributed by atoms with Gasteiger partial charge in [-0.05, 0) is 76.3 Å². The van der Waals surface area contributed by atoms with Crippen LogP contribution in [0.2, 0.25) is 0 Å². The highest BCUT2D eigenvalue weighted by atomic mass is 16.5. The van der Waals surface area contributed by atoms with Crippen molar-refractivity contribution in [3.05, 3.63) is 60.2 Å². The van der Waals surface area contributed by atoms with Crippen molar-refractivity contribution in [2.45, 2.75) is 33.1 Å². The zero-order valence-electron chi connectivity index (χ0n) is 18.9. The third-order valence-electron chi connectivity index (χ3n) is 5.32. The van der Waals surface area contributed by atoms with Gasteiger partial charge in [0, 0.05) is 17.5 Å². The summed E-state index contributed by atoms with van der Waals surface area (Å²) in [6.07, 6.45) is 3.34. The molecular weight excluding hydrogens is 386 g/mol. The van der Waals surface area contributed by atoms with Crippen LogP contribution in [0.1, 0.15) is 43.5 Å². The average molecular weight is 420 g/mol. The van der Waals surface area contributed by atoms with Gasteiger partial charge in [-0.15, -0.1) is 0 Å². The van der Waals surface area contributed by atoms with Gasteiger partial charge in [-0.2, -0.15) is 0 Å². The molecule has 0 radical (unpaired) electrons. The maximum absolute atomic E-state index is 13.0. The highest BCUT2D eigenvalue weighted by molar-refractivity contribution is 6.07. The Kier molecular flexibility index (Phi) is 8.42. The number of carbonyl (C=O) groups is 1. The molecule has 0 aliphatic carbocycles. The highest BCUT2D eigenvalue weighted by Gasteiger charge is 2.14. The molecule has 1 N–H and O–H groups in total. The lowest BCUT2D eigenvalue weighted by Crippen LogP contribution is -2.28. The molecule has 0 bridgehead atoms. The molecule has 5 heteroatoms. The fourth-order valence-corrected chi connectivity index (χ4v) is 3.59. The first-order valence-electron chi connectivity index (χ1n) is 11.2.